The minimum atomic E-state index is -0.703. The highest BCUT2D eigenvalue weighted by molar-refractivity contribution is 5.88. The van der Waals surface area contributed by atoms with Crippen LogP contribution in [0, 0.1) is 12.3 Å². The molecule has 0 aliphatic carbocycles. The summed E-state index contributed by atoms with van der Waals surface area (Å²) in [6.45, 7) is 8.93. The summed E-state index contributed by atoms with van der Waals surface area (Å²) in [5.41, 5.74) is 3.53. The summed E-state index contributed by atoms with van der Waals surface area (Å²) in [6.07, 6.45) is 4.78. The SMILES string of the molecule is COc1nc(Nc2cc(C3CCN(C4CCOC4)CC3)c(C)cc2C=N)cc(N2CC(C)(O)C2)n1. The molecular weight excluding hydrogens is 444 g/mol. The Balaban J connectivity index is 1.36. The molecule has 3 aliphatic heterocycles. The van der Waals surface area contributed by atoms with Crippen molar-refractivity contribution in [3.05, 3.63) is 34.9 Å². The molecule has 2 aromatic rings. The molecule has 0 spiro atoms. The van der Waals surface area contributed by atoms with E-state index in [-0.39, 0.29) is 6.01 Å². The minimum absolute atomic E-state index is 0.267. The molecule has 0 saturated carbocycles. The van der Waals surface area contributed by atoms with Crippen LogP contribution < -0.4 is 15.0 Å². The van der Waals surface area contributed by atoms with E-state index in [0.717, 1.165) is 56.8 Å². The van der Waals surface area contributed by atoms with Crippen LogP contribution in [0.4, 0.5) is 17.3 Å². The number of β-amino-alcohol motifs (C(OH)–C–C–N with tert-alkyl or cyclic N) is 1. The number of aryl methyl sites for hydroxylation is 1. The van der Waals surface area contributed by atoms with E-state index in [1.165, 1.54) is 17.3 Å². The molecule has 1 unspecified atom stereocenters. The van der Waals surface area contributed by atoms with Crippen molar-refractivity contribution in [3.8, 4) is 6.01 Å². The Morgan fingerprint density at radius 2 is 1.97 bits per heavy atom. The average molecular weight is 481 g/mol. The summed E-state index contributed by atoms with van der Waals surface area (Å²) in [7, 11) is 1.55. The predicted octanol–water partition coefficient (Wildman–Crippen LogP) is 3.07. The third-order valence-corrected chi connectivity index (χ3v) is 7.51. The lowest BCUT2D eigenvalue weighted by atomic mass is 9.85. The molecular formula is C26H36N6O3. The Bertz CT molecular complexity index is 1070. The molecule has 0 radical (unpaired) electrons. The Labute approximate surface area is 207 Å². The fraction of sp³-hybridized carbons (Fsp3) is 0.577. The van der Waals surface area contributed by atoms with Crippen LogP contribution in [0.25, 0.3) is 0 Å². The number of anilines is 3. The van der Waals surface area contributed by atoms with Gasteiger partial charge in [-0.3, -0.25) is 4.90 Å². The number of likely N-dealkylation sites (tertiary alicyclic amines) is 1. The van der Waals surface area contributed by atoms with Crippen LogP contribution in [0.5, 0.6) is 6.01 Å². The van der Waals surface area contributed by atoms with Gasteiger partial charge >= 0.3 is 6.01 Å². The molecule has 9 heteroatoms. The fourth-order valence-electron chi connectivity index (χ4n) is 5.61. The zero-order valence-corrected chi connectivity index (χ0v) is 20.9. The monoisotopic (exact) mass is 480 g/mol. The molecule has 1 aromatic heterocycles. The van der Waals surface area contributed by atoms with Gasteiger partial charge in [-0.1, -0.05) is 0 Å². The normalized spacial score (nSPS) is 22.6. The van der Waals surface area contributed by atoms with Crippen molar-refractivity contribution < 1.29 is 14.6 Å². The number of hydrogen-bond donors (Lipinski definition) is 3. The van der Waals surface area contributed by atoms with Crippen LogP contribution in [0.3, 0.4) is 0 Å². The largest absolute Gasteiger partial charge is 0.467 e. The second-order valence-corrected chi connectivity index (χ2v) is 10.3. The smallest absolute Gasteiger partial charge is 0.320 e. The molecule has 1 atom stereocenters. The first-order valence-electron chi connectivity index (χ1n) is 12.5. The van der Waals surface area contributed by atoms with E-state index in [1.54, 1.807) is 7.11 Å². The molecule has 3 saturated heterocycles. The Morgan fingerprint density at radius 1 is 1.20 bits per heavy atom. The van der Waals surface area contributed by atoms with E-state index in [4.69, 9.17) is 14.9 Å². The number of nitrogens with zero attached hydrogens (tertiary/aromatic N) is 4. The third kappa shape index (κ3) is 5.12. The standard InChI is InChI=1S/C26H36N6O3/c1-17-10-19(13-27)22(11-21(17)18-4-7-31(8-5-18)20-6-9-35-14-20)28-23-12-24(30-25(29-23)34-3)32-15-26(2,33)16-32/h10-13,18,20,27,33H,4-9,14-16H2,1-3H3,(H,28,29,30). The lowest BCUT2D eigenvalue weighted by Crippen LogP contribution is -2.60. The topological polar surface area (TPSA) is 107 Å². The Hall–Kier alpha value is -2.75. The number of hydrogen-bond acceptors (Lipinski definition) is 9. The van der Waals surface area contributed by atoms with Gasteiger partial charge in [-0.25, -0.2) is 0 Å². The maximum absolute atomic E-state index is 10.1. The number of aromatic nitrogens is 2. The van der Waals surface area contributed by atoms with Crippen LogP contribution in [-0.4, -0.2) is 84.3 Å². The number of piperidine rings is 1. The van der Waals surface area contributed by atoms with Crippen molar-refractivity contribution in [2.45, 2.75) is 50.7 Å². The molecule has 3 fully saturated rings. The molecule has 9 nitrogen and oxygen atoms in total. The van der Waals surface area contributed by atoms with Crippen molar-refractivity contribution in [2.75, 3.05) is 56.7 Å². The summed E-state index contributed by atoms with van der Waals surface area (Å²) < 4.78 is 10.9. The molecule has 4 heterocycles. The Morgan fingerprint density at radius 3 is 2.60 bits per heavy atom. The number of rotatable bonds is 7. The molecule has 5 rings (SSSR count). The summed E-state index contributed by atoms with van der Waals surface area (Å²) >= 11 is 0. The van der Waals surface area contributed by atoms with Gasteiger partial charge in [0.1, 0.15) is 11.6 Å². The van der Waals surface area contributed by atoms with Crippen LogP contribution >= 0.6 is 0 Å². The van der Waals surface area contributed by atoms with Gasteiger partial charge in [0.15, 0.2) is 0 Å². The molecule has 0 bridgehead atoms. The highest BCUT2D eigenvalue weighted by Crippen LogP contribution is 2.36. The van der Waals surface area contributed by atoms with Gasteiger partial charge in [-0.15, -0.1) is 0 Å². The van der Waals surface area contributed by atoms with Gasteiger partial charge in [0, 0.05) is 49.3 Å². The van der Waals surface area contributed by atoms with E-state index >= 15 is 0 Å². The molecule has 3 N–H and O–H groups in total. The van der Waals surface area contributed by atoms with Crippen LogP contribution in [0.1, 0.15) is 48.8 Å². The van der Waals surface area contributed by atoms with Crippen LogP contribution in [0.2, 0.25) is 0 Å². The van der Waals surface area contributed by atoms with Crippen molar-refractivity contribution >= 4 is 23.5 Å². The lowest BCUT2D eigenvalue weighted by molar-refractivity contribution is 0.0304. The highest BCUT2D eigenvalue weighted by atomic mass is 16.5. The first kappa shape index (κ1) is 24.0. The van der Waals surface area contributed by atoms with E-state index in [1.807, 2.05) is 17.9 Å². The summed E-state index contributed by atoms with van der Waals surface area (Å²) in [4.78, 5) is 13.5. The molecule has 1 aromatic carbocycles. The zero-order valence-electron chi connectivity index (χ0n) is 20.9. The van der Waals surface area contributed by atoms with Gasteiger partial charge in [0.05, 0.1) is 19.3 Å². The number of benzene rings is 1. The van der Waals surface area contributed by atoms with E-state index < -0.39 is 5.60 Å². The van der Waals surface area contributed by atoms with Crippen molar-refractivity contribution in [2.24, 2.45) is 0 Å². The second-order valence-electron chi connectivity index (χ2n) is 10.3. The van der Waals surface area contributed by atoms with Gasteiger partial charge in [-0.05, 0) is 75.4 Å². The van der Waals surface area contributed by atoms with Crippen molar-refractivity contribution in [1.82, 2.24) is 14.9 Å². The maximum Gasteiger partial charge on any atom is 0.320 e. The summed E-state index contributed by atoms with van der Waals surface area (Å²) in [5, 5.41) is 21.5. The first-order valence-corrected chi connectivity index (χ1v) is 12.5. The molecule has 3 aliphatic rings. The molecule has 35 heavy (non-hydrogen) atoms. The lowest BCUT2D eigenvalue weighted by Gasteiger charge is -2.44. The maximum atomic E-state index is 10.1. The third-order valence-electron chi connectivity index (χ3n) is 7.51. The first-order chi connectivity index (χ1) is 16.8. The molecule has 0 amide bonds. The number of methoxy groups -OCH3 is 1. The van der Waals surface area contributed by atoms with Gasteiger partial charge in [0.2, 0.25) is 0 Å². The summed E-state index contributed by atoms with van der Waals surface area (Å²) in [6, 6.07) is 6.99. The predicted molar refractivity (Wildman–Crippen MR) is 137 cm³/mol. The zero-order chi connectivity index (χ0) is 24.6. The number of ether oxygens (including phenoxy) is 2. The second kappa shape index (κ2) is 9.72. The van der Waals surface area contributed by atoms with E-state index in [2.05, 4.69) is 39.2 Å². The van der Waals surface area contributed by atoms with Gasteiger partial charge in [0.25, 0.3) is 0 Å². The summed E-state index contributed by atoms with van der Waals surface area (Å²) in [5.74, 6) is 1.80. The Kier molecular flexibility index (Phi) is 6.65. The fourth-order valence-corrected chi connectivity index (χ4v) is 5.61. The van der Waals surface area contributed by atoms with E-state index in [0.29, 0.717) is 36.7 Å². The quantitative estimate of drug-likeness (QED) is 0.519. The number of aliphatic hydroxyl groups is 1. The molecule has 188 valence electrons. The minimum Gasteiger partial charge on any atom is -0.467 e. The van der Waals surface area contributed by atoms with Gasteiger partial charge in [-0.2, -0.15) is 9.97 Å². The highest BCUT2D eigenvalue weighted by Gasteiger charge is 2.37. The van der Waals surface area contributed by atoms with Crippen molar-refractivity contribution in [3.63, 3.8) is 0 Å². The van der Waals surface area contributed by atoms with E-state index in [9.17, 15) is 5.11 Å². The van der Waals surface area contributed by atoms with Crippen LogP contribution in [-0.2, 0) is 4.74 Å². The average Bonchev–Trinajstić information content (AvgIpc) is 3.38. The van der Waals surface area contributed by atoms with Crippen molar-refractivity contribution in [1.29, 1.82) is 5.41 Å². The van der Waals surface area contributed by atoms with Crippen LogP contribution in [0.15, 0.2) is 18.2 Å². The number of nitrogens with one attached hydrogen (secondary N) is 2. The van der Waals surface area contributed by atoms with Gasteiger partial charge < -0.3 is 30.2 Å².